The molecule has 2 heterocycles. The standard InChI is InChI=1S/C19H19F3N6O3/c20-10-1-3-11(4-2-10)25-18-13(17(24)29)9-28(26-18)14-5-6-27(19(30)31)15(7-16(21)22)12(14)8-23/h1-4,9,12,14-16H,5-7H2,(H2,24,29)(H,25,26)(H,30,31)/t12-,14+,15?/m0/s1. The number of nitrogens with zero attached hydrogens (tertiary/aromatic N) is 4. The number of nitrogens with one attached hydrogen (secondary N) is 1. The number of aromatic nitrogens is 2. The van der Waals surface area contributed by atoms with Crippen molar-refractivity contribution >= 4 is 23.5 Å². The van der Waals surface area contributed by atoms with Crippen molar-refractivity contribution in [2.24, 2.45) is 11.7 Å². The van der Waals surface area contributed by atoms with Crippen LogP contribution >= 0.6 is 0 Å². The van der Waals surface area contributed by atoms with E-state index in [9.17, 15) is 33.1 Å². The van der Waals surface area contributed by atoms with Crippen LogP contribution in [-0.4, -0.2) is 50.8 Å². The normalized spacial score (nSPS) is 21.0. The minimum absolute atomic E-state index is 0.0212. The summed E-state index contributed by atoms with van der Waals surface area (Å²) in [6.07, 6.45) is -3.58. The van der Waals surface area contributed by atoms with E-state index >= 15 is 0 Å². The molecule has 1 aromatic carbocycles. The van der Waals surface area contributed by atoms with Crippen LogP contribution in [0.3, 0.4) is 0 Å². The highest BCUT2D eigenvalue weighted by atomic mass is 19.3. The van der Waals surface area contributed by atoms with Crippen molar-refractivity contribution < 1.29 is 27.9 Å². The van der Waals surface area contributed by atoms with Crippen LogP contribution in [0.5, 0.6) is 0 Å². The van der Waals surface area contributed by atoms with Gasteiger partial charge < -0.3 is 21.1 Å². The van der Waals surface area contributed by atoms with Crippen LogP contribution in [0.1, 0.15) is 29.2 Å². The average Bonchev–Trinajstić information content (AvgIpc) is 3.12. The first-order valence-corrected chi connectivity index (χ1v) is 9.30. The van der Waals surface area contributed by atoms with E-state index in [4.69, 9.17) is 5.73 Å². The number of likely N-dealkylation sites (tertiary alicyclic amines) is 1. The Bertz CT molecular complexity index is 1000. The highest BCUT2D eigenvalue weighted by molar-refractivity contribution is 5.98. The Morgan fingerprint density at radius 3 is 2.58 bits per heavy atom. The Balaban J connectivity index is 1.95. The van der Waals surface area contributed by atoms with Gasteiger partial charge >= 0.3 is 6.09 Å². The van der Waals surface area contributed by atoms with Crippen LogP contribution in [0.15, 0.2) is 30.5 Å². The predicted octanol–water partition coefficient (Wildman–Crippen LogP) is 2.95. The van der Waals surface area contributed by atoms with Crippen LogP contribution in [-0.2, 0) is 0 Å². The van der Waals surface area contributed by atoms with Crippen molar-refractivity contribution in [1.29, 1.82) is 5.26 Å². The number of piperidine rings is 1. The predicted molar refractivity (Wildman–Crippen MR) is 102 cm³/mol. The van der Waals surface area contributed by atoms with Crippen LogP contribution in [0.4, 0.5) is 29.5 Å². The zero-order chi connectivity index (χ0) is 22.7. The highest BCUT2D eigenvalue weighted by Crippen LogP contribution is 2.36. The van der Waals surface area contributed by atoms with E-state index in [-0.39, 0.29) is 24.3 Å². The number of benzene rings is 1. The maximum atomic E-state index is 13.1. The number of nitriles is 1. The first-order chi connectivity index (χ1) is 14.7. The number of alkyl halides is 2. The number of carbonyl (C=O) groups is 2. The third-order valence-corrected chi connectivity index (χ3v) is 5.15. The van der Waals surface area contributed by atoms with Crippen molar-refractivity contribution in [3.63, 3.8) is 0 Å². The molecule has 164 valence electrons. The Labute approximate surface area is 174 Å². The molecule has 2 aromatic rings. The summed E-state index contributed by atoms with van der Waals surface area (Å²) < 4.78 is 40.6. The van der Waals surface area contributed by atoms with Gasteiger partial charge in [0, 0.05) is 24.8 Å². The van der Waals surface area contributed by atoms with E-state index in [1.807, 2.05) is 6.07 Å². The van der Waals surface area contributed by atoms with Gasteiger partial charge in [0.15, 0.2) is 5.82 Å². The molecule has 12 heteroatoms. The maximum Gasteiger partial charge on any atom is 0.407 e. The van der Waals surface area contributed by atoms with Crippen molar-refractivity contribution in [3.05, 3.63) is 41.8 Å². The van der Waals surface area contributed by atoms with E-state index in [1.165, 1.54) is 35.1 Å². The van der Waals surface area contributed by atoms with Crippen LogP contribution in [0.25, 0.3) is 0 Å². The average molecular weight is 436 g/mol. The lowest BCUT2D eigenvalue weighted by Gasteiger charge is -2.41. The summed E-state index contributed by atoms with van der Waals surface area (Å²) in [5.74, 6) is -2.37. The van der Waals surface area contributed by atoms with Gasteiger partial charge in [0.1, 0.15) is 11.4 Å². The molecule has 1 aliphatic heterocycles. The SMILES string of the molecule is N#C[C@@H]1C(CC(F)F)N(C(=O)O)CC[C@H]1n1cc(C(N)=O)c(Nc2ccc(F)cc2)n1. The fourth-order valence-corrected chi connectivity index (χ4v) is 3.73. The van der Waals surface area contributed by atoms with Gasteiger partial charge in [-0.15, -0.1) is 0 Å². The second kappa shape index (κ2) is 8.95. The summed E-state index contributed by atoms with van der Waals surface area (Å²) in [6.45, 7) is -0.0813. The fraction of sp³-hybridized carbons (Fsp3) is 0.368. The molecule has 1 unspecified atom stereocenters. The van der Waals surface area contributed by atoms with Crippen molar-refractivity contribution in [3.8, 4) is 6.07 Å². The summed E-state index contributed by atoms with van der Waals surface area (Å²) in [7, 11) is 0. The molecular formula is C19H19F3N6O3. The summed E-state index contributed by atoms with van der Waals surface area (Å²) in [4.78, 5) is 24.2. The number of nitrogens with two attached hydrogens (primary N) is 1. The summed E-state index contributed by atoms with van der Waals surface area (Å²) in [5, 5.41) is 26.1. The zero-order valence-electron chi connectivity index (χ0n) is 16.1. The van der Waals surface area contributed by atoms with E-state index in [0.717, 1.165) is 4.90 Å². The molecule has 3 atom stereocenters. The minimum Gasteiger partial charge on any atom is -0.465 e. The lowest BCUT2D eigenvalue weighted by molar-refractivity contribution is 0.0271. The van der Waals surface area contributed by atoms with Gasteiger partial charge in [0.25, 0.3) is 5.91 Å². The van der Waals surface area contributed by atoms with Gasteiger partial charge in [-0.3, -0.25) is 9.48 Å². The number of hydrogen-bond donors (Lipinski definition) is 3. The number of hydrogen-bond acceptors (Lipinski definition) is 5. The van der Waals surface area contributed by atoms with Gasteiger partial charge in [-0.2, -0.15) is 10.4 Å². The number of carboxylic acid groups (broad SMARTS) is 1. The second-order valence-electron chi connectivity index (χ2n) is 7.05. The molecule has 1 aromatic heterocycles. The number of amides is 2. The number of halogens is 3. The molecule has 0 radical (unpaired) electrons. The molecule has 2 amide bonds. The summed E-state index contributed by atoms with van der Waals surface area (Å²) >= 11 is 0. The molecule has 1 saturated heterocycles. The number of anilines is 2. The number of carbonyl (C=O) groups excluding carboxylic acids is 1. The van der Waals surface area contributed by atoms with Crippen molar-refractivity contribution in [1.82, 2.24) is 14.7 Å². The zero-order valence-corrected chi connectivity index (χ0v) is 16.1. The van der Waals surface area contributed by atoms with E-state index in [2.05, 4.69) is 10.4 Å². The number of rotatable bonds is 6. The molecule has 0 spiro atoms. The molecule has 9 nitrogen and oxygen atoms in total. The molecule has 1 aliphatic rings. The van der Waals surface area contributed by atoms with E-state index < -0.39 is 48.7 Å². The molecule has 31 heavy (non-hydrogen) atoms. The first-order valence-electron chi connectivity index (χ1n) is 9.30. The van der Waals surface area contributed by atoms with Gasteiger partial charge in [-0.1, -0.05) is 0 Å². The topological polar surface area (TPSA) is 137 Å². The Morgan fingerprint density at radius 1 is 1.35 bits per heavy atom. The van der Waals surface area contributed by atoms with Crippen molar-refractivity contribution in [2.45, 2.75) is 31.4 Å². The fourth-order valence-electron chi connectivity index (χ4n) is 3.73. The van der Waals surface area contributed by atoms with Crippen molar-refractivity contribution in [2.75, 3.05) is 11.9 Å². The van der Waals surface area contributed by atoms with E-state index in [1.54, 1.807) is 0 Å². The van der Waals surface area contributed by atoms with Crippen LogP contribution < -0.4 is 11.1 Å². The smallest absolute Gasteiger partial charge is 0.407 e. The summed E-state index contributed by atoms with van der Waals surface area (Å²) in [5.41, 5.74) is 5.81. The largest absolute Gasteiger partial charge is 0.465 e. The molecular weight excluding hydrogens is 417 g/mol. The van der Waals surface area contributed by atoms with Crippen LogP contribution in [0, 0.1) is 23.1 Å². The summed E-state index contributed by atoms with van der Waals surface area (Å²) in [6, 6.07) is 5.17. The third kappa shape index (κ3) is 4.71. The Kier molecular flexibility index (Phi) is 6.33. The monoisotopic (exact) mass is 436 g/mol. The quantitative estimate of drug-likeness (QED) is 0.637. The Hall–Kier alpha value is -3.75. The van der Waals surface area contributed by atoms with Gasteiger partial charge in [-0.25, -0.2) is 18.0 Å². The highest BCUT2D eigenvalue weighted by Gasteiger charge is 2.43. The van der Waals surface area contributed by atoms with Gasteiger partial charge in [0.05, 0.1) is 24.1 Å². The molecule has 0 bridgehead atoms. The first kappa shape index (κ1) is 21.9. The Morgan fingerprint density at radius 2 is 2.03 bits per heavy atom. The van der Waals surface area contributed by atoms with Crippen LogP contribution in [0.2, 0.25) is 0 Å². The minimum atomic E-state index is -2.81. The van der Waals surface area contributed by atoms with Gasteiger partial charge in [-0.05, 0) is 30.7 Å². The lowest BCUT2D eigenvalue weighted by Crippen LogP contribution is -2.52. The molecule has 4 N–H and O–H groups in total. The number of primary amides is 1. The molecule has 3 rings (SSSR count). The molecule has 1 fully saturated rings. The van der Waals surface area contributed by atoms with E-state index in [0.29, 0.717) is 5.69 Å². The van der Waals surface area contributed by atoms with Gasteiger partial charge in [0.2, 0.25) is 6.43 Å². The molecule has 0 saturated carbocycles. The lowest BCUT2D eigenvalue weighted by atomic mass is 9.84. The molecule has 0 aliphatic carbocycles. The third-order valence-electron chi connectivity index (χ3n) is 5.15. The second-order valence-corrected chi connectivity index (χ2v) is 7.05. The maximum absolute atomic E-state index is 13.1.